The maximum atomic E-state index is 11.9. The molecule has 2 amide bonds. The van der Waals surface area contributed by atoms with E-state index in [4.69, 9.17) is 4.74 Å². The Morgan fingerprint density at radius 3 is 2.58 bits per heavy atom. The van der Waals surface area contributed by atoms with Crippen molar-refractivity contribution in [2.75, 3.05) is 32.8 Å². The quantitative estimate of drug-likeness (QED) is 0.802. The number of hydrogen-bond donors (Lipinski definition) is 2. The summed E-state index contributed by atoms with van der Waals surface area (Å²) in [5, 5.41) is 6.07. The Bertz CT molecular complexity index is 329. The van der Waals surface area contributed by atoms with Crippen LogP contribution in [0.4, 0.5) is 4.79 Å². The van der Waals surface area contributed by atoms with Gasteiger partial charge in [-0.25, -0.2) is 4.79 Å². The molecule has 0 aromatic carbocycles. The van der Waals surface area contributed by atoms with Gasteiger partial charge >= 0.3 is 6.03 Å². The fraction of sp³-hybridized carbons (Fsp3) is 0.929. The van der Waals surface area contributed by atoms with Crippen LogP contribution in [0.25, 0.3) is 0 Å². The third kappa shape index (κ3) is 3.60. The molecule has 0 bridgehead atoms. The Kier molecular flexibility index (Phi) is 4.36. The van der Waals surface area contributed by atoms with Crippen LogP contribution in [0.2, 0.25) is 0 Å². The summed E-state index contributed by atoms with van der Waals surface area (Å²) in [5.74, 6) is 0.510. The fourth-order valence-corrected chi connectivity index (χ4v) is 2.68. The Hall–Kier alpha value is -0.810. The lowest BCUT2D eigenvalue weighted by atomic mass is 9.89. The summed E-state index contributed by atoms with van der Waals surface area (Å²) in [7, 11) is 0. The van der Waals surface area contributed by atoms with Crippen molar-refractivity contribution in [3.63, 3.8) is 0 Å². The zero-order chi connectivity index (χ0) is 14.0. The number of likely N-dealkylation sites (tertiary alicyclic amines) is 1. The van der Waals surface area contributed by atoms with Crippen molar-refractivity contribution in [1.82, 2.24) is 15.5 Å². The maximum Gasteiger partial charge on any atom is 0.315 e. The summed E-state index contributed by atoms with van der Waals surface area (Å²) in [6.07, 6.45) is 0. The van der Waals surface area contributed by atoms with Crippen LogP contribution < -0.4 is 10.6 Å². The molecule has 0 aliphatic carbocycles. The zero-order valence-corrected chi connectivity index (χ0v) is 12.5. The highest BCUT2D eigenvalue weighted by atomic mass is 16.5. The summed E-state index contributed by atoms with van der Waals surface area (Å²) in [5.41, 5.74) is 0.128. The predicted octanol–water partition coefficient (Wildman–Crippen LogP) is 1.05. The molecule has 0 aromatic rings. The van der Waals surface area contributed by atoms with Crippen molar-refractivity contribution < 1.29 is 9.53 Å². The first-order chi connectivity index (χ1) is 8.89. The Morgan fingerprint density at radius 1 is 1.42 bits per heavy atom. The summed E-state index contributed by atoms with van der Waals surface area (Å²) >= 11 is 0. The monoisotopic (exact) mass is 269 g/mol. The summed E-state index contributed by atoms with van der Waals surface area (Å²) in [6, 6.07) is 0.756. The number of amides is 2. The van der Waals surface area contributed by atoms with Crippen LogP contribution in [-0.2, 0) is 4.74 Å². The van der Waals surface area contributed by atoms with Gasteiger partial charge in [0.15, 0.2) is 0 Å². The molecule has 0 radical (unpaired) electrons. The molecule has 2 aliphatic heterocycles. The molecule has 2 heterocycles. The Morgan fingerprint density at radius 2 is 2.11 bits per heavy atom. The fourth-order valence-electron chi connectivity index (χ4n) is 2.68. The van der Waals surface area contributed by atoms with Gasteiger partial charge in [-0.2, -0.15) is 0 Å². The number of nitrogens with one attached hydrogen (secondary N) is 2. The van der Waals surface area contributed by atoms with Crippen molar-refractivity contribution in [3.05, 3.63) is 0 Å². The molecule has 5 nitrogen and oxygen atoms in total. The maximum absolute atomic E-state index is 11.9. The summed E-state index contributed by atoms with van der Waals surface area (Å²) in [6.45, 7) is 12.9. The number of urea groups is 1. The van der Waals surface area contributed by atoms with E-state index in [0.717, 1.165) is 26.3 Å². The van der Waals surface area contributed by atoms with Crippen LogP contribution in [0, 0.1) is 11.3 Å². The van der Waals surface area contributed by atoms with Gasteiger partial charge < -0.3 is 15.4 Å². The normalized spacial score (nSPS) is 30.2. The Balaban J connectivity index is 1.73. The van der Waals surface area contributed by atoms with Gasteiger partial charge in [-0.15, -0.1) is 0 Å². The van der Waals surface area contributed by atoms with Crippen molar-refractivity contribution in [3.8, 4) is 0 Å². The van der Waals surface area contributed by atoms with E-state index < -0.39 is 0 Å². The van der Waals surface area contributed by atoms with Gasteiger partial charge in [-0.1, -0.05) is 13.8 Å². The number of carbonyl (C=O) groups is 1. The Labute approximate surface area is 116 Å². The minimum Gasteiger partial charge on any atom is -0.380 e. The summed E-state index contributed by atoms with van der Waals surface area (Å²) < 4.78 is 5.18. The van der Waals surface area contributed by atoms with Gasteiger partial charge in [0.25, 0.3) is 0 Å². The molecule has 2 unspecified atom stereocenters. The van der Waals surface area contributed by atoms with E-state index in [-0.39, 0.29) is 17.5 Å². The lowest BCUT2D eigenvalue weighted by Crippen LogP contribution is -2.52. The van der Waals surface area contributed by atoms with E-state index in [1.165, 1.54) is 0 Å². The molecular formula is C14H27N3O2. The van der Waals surface area contributed by atoms with E-state index in [1.807, 2.05) is 0 Å². The topological polar surface area (TPSA) is 53.6 Å². The molecular weight excluding hydrogens is 242 g/mol. The number of hydrogen-bond acceptors (Lipinski definition) is 3. The second-order valence-corrected chi connectivity index (χ2v) is 6.76. The van der Waals surface area contributed by atoms with Crippen LogP contribution in [0.15, 0.2) is 0 Å². The number of ether oxygens (including phenoxy) is 1. The average molecular weight is 269 g/mol. The number of rotatable bonds is 4. The van der Waals surface area contributed by atoms with Crippen LogP contribution in [0.3, 0.4) is 0 Å². The SMILES string of the molecule is CC1CN(C(C)C)CC1NC(=O)NCC1(C)COC1. The van der Waals surface area contributed by atoms with E-state index >= 15 is 0 Å². The number of carbonyl (C=O) groups excluding carboxylic acids is 1. The molecule has 19 heavy (non-hydrogen) atoms. The summed E-state index contributed by atoms with van der Waals surface area (Å²) in [4.78, 5) is 14.3. The van der Waals surface area contributed by atoms with Gasteiger partial charge in [0.1, 0.15) is 0 Å². The van der Waals surface area contributed by atoms with Gasteiger partial charge in [0.05, 0.1) is 13.2 Å². The second-order valence-electron chi connectivity index (χ2n) is 6.76. The lowest BCUT2D eigenvalue weighted by Gasteiger charge is -2.38. The smallest absolute Gasteiger partial charge is 0.315 e. The van der Waals surface area contributed by atoms with Crippen molar-refractivity contribution in [2.24, 2.45) is 11.3 Å². The van der Waals surface area contributed by atoms with Gasteiger partial charge in [-0.3, -0.25) is 4.90 Å². The largest absolute Gasteiger partial charge is 0.380 e. The molecule has 2 saturated heterocycles. The first-order valence-electron chi connectivity index (χ1n) is 7.26. The van der Waals surface area contributed by atoms with Crippen LogP contribution in [0.5, 0.6) is 0 Å². The van der Waals surface area contributed by atoms with Gasteiger partial charge in [0.2, 0.25) is 0 Å². The predicted molar refractivity (Wildman–Crippen MR) is 75.1 cm³/mol. The molecule has 2 aliphatic rings. The highest BCUT2D eigenvalue weighted by Gasteiger charge is 2.35. The second kappa shape index (κ2) is 5.67. The van der Waals surface area contributed by atoms with E-state index in [9.17, 15) is 4.79 Å². The minimum atomic E-state index is -0.0458. The van der Waals surface area contributed by atoms with Crippen molar-refractivity contribution >= 4 is 6.03 Å². The standard InChI is InChI=1S/C14H27N3O2/c1-10(2)17-5-11(3)12(6-17)16-13(18)15-7-14(4)8-19-9-14/h10-12H,5-9H2,1-4H3,(H2,15,16,18). The third-order valence-electron chi connectivity index (χ3n) is 4.26. The third-order valence-corrected chi connectivity index (χ3v) is 4.26. The molecule has 2 fully saturated rings. The van der Waals surface area contributed by atoms with Crippen LogP contribution >= 0.6 is 0 Å². The van der Waals surface area contributed by atoms with Gasteiger partial charge in [0, 0.05) is 37.1 Å². The van der Waals surface area contributed by atoms with Crippen LogP contribution in [-0.4, -0.2) is 55.9 Å². The van der Waals surface area contributed by atoms with E-state index in [0.29, 0.717) is 18.5 Å². The van der Waals surface area contributed by atoms with Crippen molar-refractivity contribution in [2.45, 2.75) is 39.8 Å². The molecule has 0 saturated carbocycles. The van der Waals surface area contributed by atoms with E-state index in [1.54, 1.807) is 0 Å². The minimum absolute atomic E-state index is 0.0458. The highest BCUT2D eigenvalue weighted by Crippen LogP contribution is 2.25. The first kappa shape index (κ1) is 14.6. The molecule has 2 atom stereocenters. The van der Waals surface area contributed by atoms with Gasteiger partial charge in [-0.05, 0) is 19.8 Å². The average Bonchev–Trinajstić information content (AvgIpc) is 2.66. The van der Waals surface area contributed by atoms with Crippen molar-refractivity contribution in [1.29, 1.82) is 0 Å². The molecule has 5 heteroatoms. The molecule has 110 valence electrons. The molecule has 0 aromatic heterocycles. The molecule has 0 spiro atoms. The van der Waals surface area contributed by atoms with E-state index in [2.05, 4.69) is 43.2 Å². The first-order valence-corrected chi connectivity index (χ1v) is 7.26. The lowest BCUT2D eigenvalue weighted by molar-refractivity contribution is -0.0975. The number of nitrogens with zero attached hydrogens (tertiary/aromatic N) is 1. The zero-order valence-electron chi connectivity index (χ0n) is 12.5. The molecule has 2 N–H and O–H groups in total. The molecule has 2 rings (SSSR count). The van der Waals surface area contributed by atoms with Crippen LogP contribution in [0.1, 0.15) is 27.7 Å². The highest BCUT2D eigenvalue weighted by molar-refractivity contribution is 5.74.